The Labute approximate surface area is 174 Å². The van der Waals surface area contributed by atoms with Gasteiger partial charge in [-0.15, -0.1) is 0 Å². The van der Waals surface area contributed by atoms with Crippen molar-refractivity contribution >= 4 is 17.1 Å². The lowest BCUT2D eigenvalue weighted by molar-refractivity contribution is 0.0937. The minimum absolute atomic E-state index is 0.0502. The lowest BCUT2D eigenvalue weighted by atomic mass is 10.1. The van der Waals surface area contributed by atoms with Gasteiger partial charge in [0, 0.05) is 13.1 Å². The third-order valence-electron chi connectivity index (χ3n) is 5.31. The molecule has 9 heteroatoms. The summed E-state index contributed by atoms with van der Waals surface area (Å²) in [6.45, 7) is 8.18. The molecule has 3 rings (SSSR count). The predicted octanol–water partition coefficient (Wildman–Crippen LogP) is 1.69. The number of nitrogens with zero attached hydrogens (tertiary/aromatic N) is 3. The number of fused-ring (bicyclic) bond motifs is 1. The van der Waals surface area contributed by atoms with E-state index < -0.39 is 17.4 Å². The Bertz CT molecular complexity index is 1160. The molecular formula is C21H29N5O4. The minimum Gasteiger partial charge on any atom is -0.491 e. The predicted molar refractivity (Wildman–Crippen MR) is 116 cm³/mol. The highest BCUT2D eigenvalue weighted by atomic mass is 16.5. The summed E-state index contributed by atoms with van der Waals surface area (Å²) in [6.07, 6.45) is -0.0464. The molecule has 3 aromatic rings. The van der Waals surface area contributed by atoms with Crippen LogP contribution >= 0.6 is 0 Å². The Morgan fingerprint density at radius 2 is 2.00 bits per heavy atom. The molecule has 2 aromatic heterocycles. The van der Waals surface area contributed by atoms with Crippen molar-refractivity contribution in [3.05, 3.63) is 50.2 Å². The van der Waals surface area contributed by atoms with E-state index in [-0.39, 0.29) is 30.4 Å². The molecule has 162 valence electrons. The van der Waals surface area contributed by atoms with E-state index >= 15 is 0 Å². The number of rotatable bonds is 8. The number of hydrogen-bond acceptors (Lipinski definition) is 6. The van der Waals surface area contributed by atoms with Crippen molar-refractivity contribution in [3.8, 4) is 5.75 Å². The molecule has 0 amide bonds. The van der Waals surface area contributed by atoms with Crippen LogP contribution in [0.25, 0.3) is 11.2 Å². The summed E-state index contributed by atoms with van der Waals surface area (Å²) >= 11 is 0. The van der Waals surface area contributed by atoms with Crippen molar-refractivity contribution in [2.45, 2.75) is 52.8 Å². The molecule has 0 saturated carbocycles. The number of aromatic amines is 1. The third-order valence-corrected chi connectivity index (χ3v) is 5.31. The molecule has 0 radical (unpaired) electrons. The van der Waals surface area contributed by atoms with Gasteiger partial charge in [0.2, 0.25) is 5.95 Å². The number of hydrogen-bond donors (Lipinski definition) is 3. The standard InChI is InChI=1S/C21H29N5O4/c1-6-14(4)22-20-23-18-17(19(28)24-21(29)25(18)5)26(20)10-15(27)11-30-16-8-7-12(2)13(3)9-16/h7-9,14-15,27H,6,10-11H2,1-5H3,(H,22,23)(H,24,28,29)/t14-,15+/m0/s1. The van der Waals surface area contributed by atoms with Gasteiger partial charge in [0.25, 0.3) is 5.56 Å². The van der Waals surface area contributed by atoms with Gasteiger partial charge in [-0.3, -0.25) is 14.3 Å². The molecule has 3 N–H and O–H groups in total. The third kappa shape index (κ3) is 4.40. The number of aliphatic hydroxyl groups is 1. The maximum atomic E-state index is 12.5. The smallest absolute Gasteiger partial charge is 0.329 e. The van der Waals surface area contributed by atoms with Crippen LogP contribution in [0.2, 0.25) is 0 Å². The molecular weight excluding hydrogens is 386 g/mol. The van der Waals surface area contributed by atoms with E-state index in [9.17, 15) is 14.7 Å². The molecule has 1 aromatic carbocycles. The highest BCUT2D eigenvalue weighted by Gasteiger charge is 2.20. The van der Waals surface area contributed by atoms with Gasteiger partial charge in [-0.25, -0.2) is 4.79 Å². The highest BCUT2D eigenvalue weighted by Crippen LogP contribution is 2.19. The van der Waals surface area contributed by atoms with Crippen molar-refractivity contribution < 1.29 is 9.84 Å². The maximum Gasteiger partial charge on any atom is 0.329 e. The fourth-order valence-corrected chi connectivity index (χ4v) is 3.10. The largest absolute Gasteiger partial charge is 0.491 e. The molecule has 0 aliphatic heterocycles. The normalized spacial score (nSPS) is 13.4. The first-order valence-electron chi connectivity index (χ1n) is 10.1. The van der Waals surface area contributed by atoms with Gasteiger partial charge in [0.15, 0.2) is 11.2 Å². The molecule has 0 aliphatic carbocycles. The van der Waals surface area contributed by atoms with Gasteiger partial charge in [0.1, 0.15) is 18.5 Å². The first-order chi connectivity index (χ1) is 14.2. The van der Waals surface area contributed by atoms with E-state index in [0.717, 1.165) is 12.0 Å². The van der Waals surface area contributed by atoms with Crippen LogP contribution in [0.1, 0.15) is 31.4 Å². The number of imidazole rings is 1. The van der Waals surface area contributed by atoms with E-state index in [4.69, 9.17) is 4.74 Å². The van der Waals surface area contributed by atoms with Crippen LogP contribution < -0.4 is 21.3 Å². The molecule has 0 aliphatic rings. The molecule has 30 heavy (non-hydrogen) atoms. The first-order valence-corrected chi connectivity index (χ1v) is 10.1. The number of aliphatic hydroxyl groups excluding tert-OH is 1. The molecule has 2 atom stereocenters. The van der Waals surface area contributed by atoms with Crippen LogP contribution in [0.5, 0.6) is 5.75 Å². The monoisotopic (exact) mass is 415 g/mol. The van der Waals surface area contributed by atoms with Crippen molar-refractivity contribution in [1.82, 2.24) is 19.1 Å². The fraction of sp³-hybridized carbons (Fsp3) is 0.476. The average Bonchev–Trinajstić information content (AvgIpc) is 3.05. The molecule has 9 nitrogen and oxygen atoms in total. The second-order valence-electron chi connectivity index (χ2n) is 7.70. The molecule has 0 unspecified atom stereocenters. The van der Waals surface area contributed by atoms with Crippen molar-refractivity contribution in [1.29, 1.82) is 0 Å². The van der Waals surface area contributed by atoms with Crippen LogP contribution in [0.4, 0.5) is 5.95 Å². The minimum atomic E-state index is -0.891. The van der Waals surface area contributed by atoms with Crippen LogP contribution in [-0.4, -0.2) is 43.0 Å². The number of nitrogens with one attached hydrogen (secondary N) is 2. The number of aromatic nitrogens is 4. The maximum absolute atomic E-state index is 12.5. The van der Waals surface area contributed by atoms with Gasteiger partial charge in [0.05, 0.1) is 6.54 Å². The zero-order valence-corrected chi connectivity index (χ0v) is 18.0. The molecule has 0 spiro atoms. The molecule has 2 heterocycles. The number of benzene rings is 1. The lowest BCUT2D eigenvalue weighted by Gasteiger charge is -2.18. The van der Waals surface area contributed by atoms with Gasteiger partial charge < -0.3 is 19.7 Å². The van der Waals surface area contributed by atoms with Crippen LogP contribution in [0.15, 0.2) is 27.8 Å². The van der Waals surface area contributed by atoms with Gasteiger partial charge in [-0.1, -0.05) is 13.0 Å². The highest BCUT2D eigenvalue weighted by molar-refractivity contribution is 5.74. The van der Waals surface area contributed by atoms with Crippen LogP contribution in [0.3, 0.4) is 0 Å². The second kappa shape index (κ2) is 8.74. The van der Waals surface area contributed by atoms with Crippen molar-refractivity contribution in [2.75, 3.05) is 11.9 Å². The zero-order valence-electron chi connectivity index (χ0n) is 18.0. The Morgan fingerprint density at radius 3 is 2.67 bits per heavy atom. The topological polar surface area (TPSA) is 114 Å². The van der Waals surface area contributed by atoms with E-state index in [2.05, 4.69) is 15.3 Å². The van der Waals surface area contributed by atoms with Gasteiger partial charge in [-0.05, 0) is 50.5 Å². The molecule has 0 bridgehead atoms. The van der Waals surface area contributed by atoms with E-state index in [0.29, 0.717) is 11.7 Å². The van der Waals surface area contributed by atoms with E-state index in [1.54, 1.807) is 11.6 Å². The second-order valence-corrected chi connectivity index (χ2v) is 7.70. The number of ether oxygens (including phenoxy) is 1. The Balaban J connectivity index is 1.89. The van der Waals surface area contributed by atoms with Crippen molar-refractivity contribution in [3.63, 3.8) is 0 Å². The lowest BCUT2D eigenvalue weighted by Crippen LogP contribution is -2.31. The van der Waals surface area contributed by atoms with Crippen LogP contribution in [-0.2, 0) is 13.6 Å². The summed E-state index contributed by atoms with van der Waals surface area (Å²) < 4.78 is 8.62. The molecule has 0 fully saturated rings. The quantitative estimate of drug-likeness (QED) is 0.516. The van der Waals surface area contributed by atoms with Crippen molar-refractivity contribution in [2.24, 2.45) is 7.05 Å². The fourth-order valence-electron chi connectivity index (χ4n) is 3.10. The summed E-state index contributed by atoms with van der Waals surface area (Å²) in [4.78, 5) is 31.2. The summed E-state index contributed by atoms with van der Waals surface area (Å²) in [7, 11) is 1.55. The number of H-pyrrole nitrogens is 1. The Hall–Kier alpha value is -3.07. The summed E-state index contributed by atoms with van der Waals surface area (Å²) in [6, 6.07) is 5.85. The van der Waals surface area contributed by atoms with Gasteiger partial charge >= 0.3 is 5.69 Å². The van der Waals surface area contributed by atoms with Crippen LogP contribution in [0, 0.1) is 13.8 Å². The Kier molecular flexibility index (Phi) is 6.31. The van der Waals surface area contributed by atoms with E-state index in [1.807, 2.05) is 45.9 Å². The Morgan fingerprint density at radius 1 is 1.27 bits per heavy atom. The first kappa shape index (κ1) is 21.6. The summed E-state index contributed by atoms with van der Waals surface area (Å²) in [5.74, 6) is 1.10. The number of aryl methyl sites for hydroxylation is 3. The summed E-state index contributed by atoms with van der Waals surface area (Å²) in [5, 5.41) is 13.9. The zero-order chi connectivity index (χ0) is 22.0. The van der Waals surface area contributed by atoms with E-state index in [1.165, 1.54) is 10.1 Å². The summed E-state index contributed by atoms with van der Waals surface area (Å²) in [5.41, 5.74) is 1.68. The SMILES string of the molecule is CC[C@H](C)Nc1nc2c(c(=O)[nH]c(=O)n2C)n1C[C@@H](O)COc1ccc(C)c(C)c1. The number of anilines is 1. The average molecular weight is 415 g/mol. The van der Waals surface area contributed by atoms with Gasteiger partial charge in [-0.2, -0.15) is 4.98 Å². The molecule has 0 saturated heterocycles.